The van der Waals surface area contributed by atoms with E-state index in [2.05, 4.69) is 45.9 Å². The van der Waals surface area contributed by atoms with Crippen molar-refractivity contribution in [1.29, 1.82) is 0 Å². The third-order valence-electron chi connectivity index (χ3n) is 6.72. The zero-order chi connectivity index (χ0) is 20.5. The van der Waals surface area contributed by atoms with Crippen LogP contribution in [0.15, 0.2) is 66.7 Å². The molecule has 1 spiro atoms. The van der Waals surface area contributed by atoms with Crippen LogP contribution in [0.3, 0.4) is 0 Å². The van der Waals surface area contributed by atoms with Crippen molar-refractivity contribution in [2.24, 2.45) is 0 Å². The Morgan fingerprint density at radius 1 is 1.03 bits per heavy atom. The average Bonchev–Trinajstić information content (AvgIpc) is 3.28. The number of aromatic nitrogens is 1. The summed E-state index contributed by atoms with van der Waals surface area (Å²) in [7, 11) is 0. The lowest BCUT2D eigenvalue weighted by molar-refractivity contribution is -0.715. The van der Waals surface area contributed by atoms with Crippen LogP contribution in [0.5, 0.6) is 0 Å². The van der Waals surface area contributed by atoms with Gasteiger partial charge in [0.15, 0.2) is 0 Å². The summed E-state index contributed by atoms with van der Waals surface area (Å²) in [6.07, 6.45) is 0. The molecule has 0 unspecified atom stereocenters. The number of fused-ring (bicyclic) bond motifs is 6. The predicted molar refractivity (Wildman–Crippen MR) is 119 cm³/mol. The van der Waals surface area contributed by atoms with Crippen LogP contribution in [0, 0.1) is 6.92 Å². The molecule has 4 aromatic rings. The largest absolute Gasteiger partial charge is 0.352 e. The number of quaternary nitrogens is 1. The topological polar surface area (TPSA) is 61.5 Å². The summed E-state index contributed by atoms with van der Waals surface area (Å²) in [5.74, 6) is 0.106. The van der Waals surface area contributed by atoms with Crippen LogP contribution in [0.1, 0.15) is 33.9 Å². The molecule has 0 radical (unpaired) electrons. The molecule has 0 aliphatic carbocycles. The van der Waals surface area contributed by atoms with E-state index in [-0.39, 0.29) is 11.8 Å². The number of aryl methyl sites for hydroxylation is 1. The number of rotatable bonds is 1. The Morgan fingerprint density at radius 2 is 1.83 bits per heavy atom. The molecule has 2 aliphatic heterocycles. The molecule has 6 rings (SSSR count). The highest BCUT2D eigenvalue weighted by atomic mass is 35.5. The van der Waals surface area contributed by atoms with Gasteiger partial charge in [0.1, 0.15) is 0 Å². The van der Waals surface area contributed by atoms with Crippen molar-refractivity contribution in [3.8, 4) is 0 Å². The van der Waals surface area contributed by atoms with Gasteiger partial charge in [-0.1, -0.05) is 60.1 Å². The molecule has 0 saturated heterocycles. The van der Waals surface area contributed by atoms with E-state index in [9.17, 15) is 4.79 Å². The molecule has 4 nitrogen and oxygen atoms in total. The number of H-pyrrole nitrogens is 1. The molecule has 1 aromatic heterocycles. The highest BCUT2D eigenvalue weighted by molar-refractivity contribution is 6.31. The first-order chi connectivity index (χ1) is 14.6. The fourth-order valence-electron chi connectivity index (χ4n) is 5.34. The zero-order valence-electron chi connectivity index (χ0n) is 16.5. The van der Waals surface area contributed by atoms with Gasteiger partial charge in [0.05, 0.1) is 29.4 Å². The second-order valence-corrected chi connectivity index (χ2v) is 8.64. The first kappa shape index (κ1) is 17.8. The van der Waals surface area contributed by atoms with Crippen LogP contribution in [0.4, 0.5) is 5.69 Å². The second-order valence-electron chi connectivity index (χ2n) is 8.23. The predicted octanol–water partition coefficient (Wildman–Crippen LogP) is 4.03. The molecule has 1 amide bonds. The van der Waals surface area contributed by atoms with Gasteiger partial charge in [-0.25, -0.2) is 0 Å². The number of hydrogen-bond donors (Lipinski definition) is 3. The fraction of sp³-hybridized carbons (Fsp3) is 0.160. The zero-order valence-corrected chi connectivity index (χ0v) is 17.3. The number of carbonyl (C=O) groups excluding carboxylic acids is 1. The van der Waals surface area contributed by atoms with Crippen molar-refractivity contribution in [3.05, 3.63) is 99.7 Å². The van der Waals surface area contributed by atoms with Crippen LogP contribution in [0.25, 0.3) is 10.9 Å². The highest BCUT2D eigenvalue weighted by Crippen LogP contribution is 2.47. The summed E-state index contributed by atoms with van der Waals surface area (Å²) < 4.78 is 0. The summed E-state index contributed by atoms with van der Waals surface area (Å²) >= 11 is 6.62. The van der Waals surface area contributed by atoms with Gasteiger partial charge in [-0.15, -0.1) is 0 Å². The van der Waals surface area contributed by atoms with Gasteiger partial charge >= 0.3 is 0 Å². The first-order valence-electron chi connectivity index (χ1n) is 10.2. The van der Waals surface area contributed by atoms with Crippen LogP contribution in [-0.4, -0.2) is 17.4 Å². The van der Waals surface area contributed by atoms with E-state index in [0.717, 1.165) is 50.5 Å². The van der Waals surface area contributed by atoms with Crippen molar-refractivity contribution >= 4 is 34.1 Å². The number of hydrogen-bond acceptors (Lipinski definition) is 1. The summed E-state index contributed by atoms with van der Waals surface area (Å²) in [6.45, 7) is 2.78. The van der Waals surface area contributed by atoms with E-state index in [1.165, 1.54) is 5.56 Å². The van der Waals surface area contributed by atoms with Gasteiger partial charge in [-0.3, -0.25) is 4.79 Å². The monoisotopic (exact) mass is 414 g/mol. The van der Waals surface area contributed by atoms with E-state index >= 15 is 0 Å². The number of halogens is 1. The SMILES string of the molecule is Cc1cccc2c1NC(=O)[C@]21[NH2+]C[C@@H](c2ccccc2Cl)c2c1[nH]c1ccccc21. The minimum Gasteiger partial charge on any atom is -0.352 e. The second kappa shape index (κ2) is 6.21. The normalized spacial score (nSPS) is 22.2. The Kier molecular flexibility index (Phi) is 3.67. The number of para-hydroxylation sites is 2. The fourth-order valence-corrected chi connectivity index (χ4v) is 5.61. The Balaban J connectivity index is 1.68. The van der Waals surface area contributed by atoms with Gasteiger partial charge in [-0.05, 0) is 36.2 Å². The van der Waals surface area contributed by atoms with E-state index in [0.29, 0.717) is 0 Å². The first-order valence-corrected chi connectivity index (χ1v) is 10.6. The number of nitrogens with one attached hydrogen (secondary N) is 2. The van der Waals surface area contributed by atoms with E-state index in [4.69, 9.17) is 11.6 Å². The molecule has 148 valence electrons. The Labute approximate surface area is 179 Å². The van der Waals surface area contributed by atoms with Crippen molar-refractivity contribution < 1.29 is 10.1 Å². The molecule has 3 heterocycles. The number of benzene rings is 3. The average molecular weight is 415 g/mol. The summed E-state index contributed by atoms with van der Waals surface area (Å²) in [5.41, 5.74) is 6.50. The quantitative estimate of drug-likeness (QED) is 0.432. The van der Waals surface area contributed by atoms with Crippen LogP contribution in [-0.2, 0) is 10.3 Å². The maximum atomic E-state index is 13.5. The molecular formula is C25H21ClN3O+. The van der Waals surface area contributed by atoms with Gasteiger partial charge < -0.3 is 15.6 Å². The van der Waals surface area contributed by atoms with Gasteiger partial charge in [-0.2, -0.15) is 0 Å². The third kappa shape index (κ3) is 2.18. The van der Waals surface area contributed by atoms with Gasteiger partial charge in [0.25, 0.3) is 5.91 Å². The molecular weight excluding hydrogens is 394 g/mol. The van der Waals surface area contributed by atoms with Crippen LogP contribution < -0.4 is 10.6 Å². The lowest BCUT2D eigenvalue weighted by Crippen LogP contribution is -2.99. The number of nitrogens with two attached hydrogens (primary N) is 1. The van der Waals surface area contributed by atoms with E-state index in [1.54, 1.807) is 0 Å². The Hall–Kier alpha value is -3.08. The van der Waals surface area contributed by atoms with Crippen LogP contribution >= 0.6 is 11.6 Å². The number of carbonyl (C=O) groups is 1. The van der Waals surface area contributed by atoms with Crippen LogP contribution in [0.2, 0.25) is 5.02 Å². The van der Waals surface area contributed by atoms with E-state index in [1.807, 2.05) is 43.3 Å². The van der Waals surface area contributed by atoms with E-state index < -0.39 is 5.54 Å². The molecule has 4 N–H and O–H groups in total. The minimum absolute atomic E-state index is 0.0113. The van der Waals surface area contributed by atoms with Crippen molar-refractivity contribution in [2.75, 3.05) is 11.9 Å². The van der Waals surface area contributed by atoms with Crippen molar-refractivity contribution in [1.82, 2.24) is 4.98 Å². The Bertz CT molecular complexity index is 1340. The lowest BCUT2D eigenvalue weighted by atomic mass is 9.76. The number of aromatic amines is 1. The third-order valence-corrected chi connectivity index (χ3v) is 7.07. The molecule has 30 heavy (non-hydrogen) atoms. The van der Waals surface area contributed by atoms with Crippen molar-refractivity contribution in [3.63, 3.8) is 0 Å². The summed E-state index contributed by atoms with van der Waals surface area (Å²) in [5, 5.41) is 7.25. The van der Waals surface area contributed by atoms with Gasteiger partial charge in [0.2, 0.25) is 5.54 Å². The number of anilines is 1. The molecule has 0 bridgehead atoms. The maximum absolute atomic E-state index is 13.5. The number of amides is 1. The molecule has 2 atom stereocenters. The maximum Gasteiger partial charge on any atom is 0.297 e. The smallest absolute Gasteiger partial charge is 0.297 e. The summed E-state index contributed by atoms with van der Waals surface area (Å²) in [4.78, 5) is 17.1. The Morgan fingerprint density at radius 3 is 2.70 bits per heavy atom. The molecule has 0 saturated carbocycles. The highest BCUT2D eigenvalue weighted by Gasteiger charge is 2.58. The minimum atomic E-state index is -0.812. The summed E-state index contributed by atoms with van der Waals surface area (Å²) in [6, 6.07) is 22.5. The van der Waals surface area contributed by atoms with Gasteiger partial charge in [0, 0.05) is 21.5 Å². The molecule has 5 heteroatoms. The standard InChI is InChI=1S/C25H20ClN3O/c1-14-7-6-10-18-22(14)29-24(30)25(18)23-21(16-9-3-5-12-20(16)28-23)17(13-27-25)15-8-2-4-11-19(15)26/h2-12,17,27-28H,13H2,1H3,(H,29,30)/p+1/t17-,25-/m0/s1. The molecule has 3 aromatic carbocycles. The molecule has 0 fully saturated rings. The lowest BCUT2D eigenvalue weighted by Gasteiger charge is -2.34. The molecule has 2 aliphatic rings. The van der Waals surface area contributed by atoms with Crippen molar-refractivity contribution in [2.45, 2.75) is 18.4 Å².